The first-order chi connectivity index (χ1) is 11.1. The smallest absolute Gasteiger partial charge is 0.266 e. The van der Waals surface area contributed by atoms with Crippen LogP contribution in [0, 0.1) is 0 Å². The van der Waals surface area contributed by atoms with Crippen LogP contribution < -0.4 is 4.90 Å². The lowest BCUT2D eigenvalue weighted by Crippen LogP contribution is -2.40. The first kappa shape index (κ1) is 14.0. The summed E-state index contributed by atoms with van der Waals surface area (Å²) < 4.78 is 0.761. The van der Waals surface area contributed by atoms with E-state index in [0.29, 0.717) is 16.5 Å². The largest absolute Gasteiger partial charge is 0.506 e. The Balaban J connectivity index is 2.04. The van der Waals surface area contributed by atoms with Crippen molar-refractivity contribution in [2.45, 2.75) is 0 Å². The SMILES string of the molecule is O=C1c2cccc3cc(Br)cc(c23)C(=O)N1c1ccccc1O. The summed E-state index contributed by atoms with van der Waals surface area (Å²) in [5.74, 6) is -0.988. The average molecular weight is 368 g/mol. The molecule has 1 aliphatic heterocycles. The van der Waals surface area contributed by atoms with Gasteiger partial charge in [0.25, 0.3) is 11.8 Å². The zero-order valence-electron chi connectivity index (χ0n) is 11.8. The van der Waals surface area contributed by atoms with E-state index in [0.717, 1.165) is 14.8 Å². The maximum Gasteiger partial charge on any atom is 0.266 e. The van der Waals surface area contributed by atoms with Crippen LogP contribution in [-0.2, 0) is 0 Å². The number of para-hydroxylation sites is 2. The summed E-state index contributed by atoms with van der Waals surface area (Å²) in [5, 5.41) is 11.5. The Morgan fingerprint density at radius 2 is 1.61 bits per heavy atom. The molecular weight excluding hydrogens is 358 g/mol. The van der Waals surface area contributed by atoms with Crippen LogP contribution in [0.25, 0.3) is 10.8 Å². The number of phenolic OH excluding ortho intramolecular Hbond substituents is 1. The van der Waals surface area contributed by atoms with E-state index in [9.17, 15) is 14.7 Å². The summed E-state index contributed by atoms with van der Waals surface area (Å²) in [6.07, 6.45) is 0. The molecule has 23 heavy (non-hydrogen) atoms. The molecule has 0 bridgehead atoms. The maximum absolute atomic E-state index is 12.9. The summed E-state index contributed by atoms with van der Waals surface area (Å²) in [7, 11) is 0. The standard InChI is InChI=1S/C18H10BrNO3/c19-11-8-10-4-3-5-12-16(10)13(9-11)18(23)20(17(12)22)14-6-1-2-7-15(14)21/h1-9,21H. The quantitative estimate of drug-likeness (QED) is 0.658. The third-order valence-electron chi connectivity index (χ3n) is 3.93. The summed E-state index contributed by atoms with van der Waals surface area (Å²) in [4.78, 5) is 26.8. The van der Waals surface area contributed by atoms with Crippen molar-refractivity contribution >= 4 is 44.2 Å². The molecule has 2 amide bonds. The van der Waals surface area contributed by atoms with Crippen molar-refractivity contribution in [1.82, 2.24) is 0 Å². The predicted octanol–water partition coefficient (Wildman–Crippen LogP) is 4.11. The Morgan fingerprint density at radius 1 is 0.870 bits per heavy atom. The van der Waals surface area contributed by atoms with E-state index >= 15 is 0 Å². The second-order valence-electron chi connectivity index (χ2n) is 5.29. The lowest BCUT2D eigenvalue weighted by molar-refractivity contribution is 0.0892. The normalized spacial score (nSPS) is 13.7. The number of benzene rings is 3. The minimum atomic E-state index is -0.443. The maximum atomic E-state index is 12.9. The van der Waals surface area contributed by atoms with Gasteiger partial charge in [0.05, 0.1) is 11.3 Å². The van der Waals surface area contributed by atoms with E-state index in [1.807, 2.05) is 12.1 Å². The van der Waals surface area contributed by atoms with Crippen LogP contribution in [0.4, 0.5) is 5.69 Å². The van der Waals surface area contributed by atoms with E-state index in [-0.39, 0.29) is 11.4 Å². The minimum Gasteiger partial charge on any atom is -0.506 e. The van der Waals surface area contributed by atoms with Gasteiger partial charge < -0.3 is 5.11 Å². The summed E-state index contributed by atoms with van der Waals surface area (Å²) in [6, 6.07) is 15.2. The fourth-order valence-electron chi connectivity index (χ4n) is 2.94. The van der Waals surface area contributed by atoms with Crippen molar-refractivity contribution in [3.8, 4) is 5.75 Å². The molecular formula is C18H10BrNO3. The Kier molecular flexibility index (Phi) is 2.99. The Morgan fingerprint density at radius 3 is 2.39 bits per heavy atom. The molecule has 3 aromatic carbocycles. The first-order valence-electron chi connectivity index (χ1n) is 6.97. The van der Waals surface area contributed by atoms with Crippen molar-refractivity contribution in [1.29, 1.82) is 0 Å². The van der Waals surface area contributed by atoms with Crippen molar-refractivity contribution < 1.29 is 14.7 Å². The van der Waals surface area contributed by atoms with Crippen LogP contribution in [-0.4, -0.2) is 16.9 Å². The Labute approximate surface area is 140 Å². The van der Waals surface area contributed by atoms with Gasteiger partial charge in [-0.15, -0.1) is 0 Å². The summed E-state index contributed by atoms with van der Waals surface area (Å²) in [5.41, 5.74) is 1.07. The molecule has 4 rings (SSSR count). The van der Waals surface area contributed by atoms with Gasteiger partial charge in [0.1, 0.15) is 5.75 Å². The molecule has 1 aliphatic rings. The number of phenols is 1. The third kappa shape index (κ3) is 1.97. The highest BCUT2D eigenvalue weighted by Crippen LogP contribution is 2.37. The number of imide groups is 1. The zero-order chi connectivity index (χ0) is 16.1. The van der Waals surface area contributed by atoms with E-state index in [1.165, 1.54) is 6.07 Å². The van der Waals surface area contributed by atoms with Crippen LogP contribution >= 0.6 is 15.9 Å². The Bertz CT molecular complexity index is 997. The van der Waals surface area contributed by atoms with Gasteiger partial charge >= 0.3 is 0 Å². The molecule has 0 atom stereocenters. The van der Waals surface area contributed by atoms with Crippen molar-refractivity contribution in [2.75, 3.05) is 4.90 Å². The highest BCUT2D eigenvalue weighted by atomic mass is 79.9. The number of rotatable bonds is 1. The number of halogens is 1. The highest BCUT2D eigenvalue weighted by Gasteiger charge is 2.35. The van der Waals surface area contributed by atoms with Crippen LogP contribution in [0.5, 0.6) is 5.75 Å². The van der Waals surface area contributed by atoms with E-state index < -0.39 is 11.8 Å². The molecule has 0 saturated carbocycles. The molecule has 1 N–H and O–H groups in total. The van der Waals surface area contributed by atoms with Gasteiger partial charge in [-0.25, -0.2) is 4.90 Å². The fraction of sp³-hybridized carbons (Fsp3) is 0. The zero-order valence-corrected chi connectivity index (χ0v) is 13.4. The van der Waals surface area contributed by atoms with Gasteiger partial charge in [0, 0.05) is 15.4 Å². The molecule has 3 aromatic rings. The minimum absolute atomic E-state index is 0.111. The number of anilines is 1. The number of carbonyl (C=O) groups is 2. The summed E-state index contributed by atoms with van der Waals surface area (Å²) in [6.45, 7) is 0. The summed E-state index contributed by atoms with van der Waals surface area (Å²) >= 11 is 3.40. The van der Waals surface area contributed by atoms with Gasteiger partial charge in [0.15, 0.2) is 0 Å². The molecule has 0 aromatic heterocycles. The van der Waals surface area contributed by atoms with E-state index in [1.54, 1.807) is 36.4 Å². The third-order valence-corrected chi connectivity index (χ3v) is 4.39. The molecule has 0 fully saturated rings. The van der Waals surface area contributed by atoms with Crippen LogP contribution in [0.15, 0.2) is 59.1 Å². The Hall–Kier alpha value is -2.66. The lowest BCUT2D eigenvalue weighted by Gasteiger charge is -2.27. The topological polar surface area (TPSA) is 57.6 Å². The van der Waals surface area contributed by atoms with Gasteiger partial charge in [-0.3, -0.25) is 9.59 Å². The molecule has 4 nitrogen and oxygen atoms in total. The van der Waals surface area contributed by atoms with Crippen molar-refractivity contribution in [3.05, 3.63) is 70.2 Å². The molecule has 0 aliphatic carbocycles. The van der Waals surface area contributed by atoms with Crippen molar-refractivity contribution in [2.24, 2.45) is 0 Å². The number of aromatic hydroxyl groups is 1. The number of nitrogens with zero attached hydrogens (tertiary/aromatic N) is 1. The monoisotopic (exact) mass is 367 g/mol. The molecule has 0 spiro atoms. The highest BCUT2D eigenvalue weighted by molar-refractivity contribution is 9.10. The molecule has 0 radical (unpaired) electrons. The van der Waals surface area contributed by atoms with Gasteiger partial charge in [-0.1, -0.05) is 40.2 Å². The van der Waals surface area contributed by atoms with E-state index in [4.69, 9.17) is 0 Å². The first-order valence-corrected chi connectivity index (χ1v) is 7.76. The number of hydrogen-bond acceptors (Lipinski definition) is 3. The van der Waals surface area contributed by atoms with Gasteiger partial charge in [0.2, 0.25) is 0 Å². The molecule has 1 heterocycles. The number of amides is 2. The lowest BCUT2D eigenvalue weighted by atomic mass is 9.93. The molecule has 0 unspecified atom stereocenters. The van der Waals surface area contributed by atoms with Gasteiger partial charge in [-0.05, 0) is 35.7 Å². The predicted molar refractivity (Wildman–Crippen MR) is 90.9 cm³/mol. The van der Waals surface area contributed by atoms with E-state index in [2.05, 4.69) is 15.9 Å². The number of carbonyl (C=O) groups excluding carboxylic acids is 2. The van der Waals surface area contributed by atoms with Crippen LogP contribution in [0.3, 0.4) is 0 Å². The molecule has 5 heteroatoms. The second-order valence-corrected chi connectivity index (χ2v) is 6.21. The fourth-order valence-corrected chi connectivity index (χ4v) is 3.42. The molecule has 112 valence electrons. The average Bonchev–Trinajstić information content (AvgIpc) is 2.54. The van der Waals surface area contributed by atoms with Crippen molar-refractivity contribution in [3.63, 3.8) is 0 Å². The second kappa shape index (κ2) is 4.93. The molecule has 0 saturated heterocycles. The number of hydrogen-bond donors (Lipinski definition) is 1. The van der Waals surface area contributed by atoms with Crippen LogP contribution in [0.1, 0.15) is 20.7 Å². The van der Waals surface area contributed by atoms with Gasteiger partial charge in [-0.2, -0.15) is 0 Å². The van der Waals surface area contributed by atoms with Crippen LogP contribution in [0.2, 0.25) is 0 Å².